The number of ether oxygens (including phenoxy) is 1. The summed E-state index contributed by atoms with van der Waals surface area (Å²) in [5.41, 5.74) is 3.33. The van der Waals surface area contributed by atoms with E-state index in [1.165, 1.54) is 4.90 Å². The number of amides is 2. The molecule has 6 nitrogen and oxygen atoms in total. The first-order valence-electron chi connectivity index (χ1n) is 8.45. The van der Waals surface area contributed by atoms with Gasteiger partial charge in [-0.15, -0.1) is 11.3 Å². The standard InChI is InChI=1S/C20H17N3O3S/c1-21-18(24)10-23-16-9-14(7-8-17(16)26-11-19(23)25)15-12-27-20(22-15)13-5-3-2-4-6-13/h2-9,12H,10-11H2,1H3,(H,21,24). The van der Waals surface area contributed by atoms with Crippen LogP contribution in [0.25, 0.3) is 21.8 Å². The molecular formula is C20H17N3O3S. The Hall–Kier alpha value is -3.19. The second kappa shape index (κ2) is 7.20. The van der Waals surface area contributed by atoms with Gasteiger partial charge in [0.15, 0.2) is 6.61 Å². The lowest BCUT2D eigenvalue weighted by molar-refractivity contribution is -0.125. The third kappa shape index (κ3) is 3.41. The van der Waals surface area contributed by atoms with Gasteiger partial charge in [0, 0.05) is 23.6 Å². The highest BCUT2D eigenvalue weighted by molar-refractivity contribution is 7.13. The summed E-state index contributed by atoms with van der Waals surface area (Å²) in [5.74, 6) is 0.105. The quantitative estimate of drug-likeness (QED) is 0.757. The Morgan fingerprint density at radius 3 is 2.81 bits per heavy atom. The molecule has 1 aromatic heterocycles. The van der Waals surface area contributed by atoms with Crippen LogP contribution in [0.5, 0.6) is 5.75 Å². The second-order valence-corrected chi connectivity index (χ2v) is 6.89. The highest BCUT2D eigenvalue weighted by atomic mass is 32.1. The minimum atomic E-state index is -0.244. The van der Waals surface area contributed by atoms with E-state index in [1.807, 2.05) is 53.9 Å². The summed E-state index contributed by atoms with van der Waals surface area (Å²) in [6.07, 6.45) is 0. The van der Waals surface area contributed by atoms with Crippen molar-refractivity contribution >= 4 is 28.8 Å². The first kappa shape index (κ1) is 17.2. The monoisotopic (exact) mass is 379 g/mol. The van der Waals surface area contributed by atoms with Gasteiger partial charge in [-0.1, -0.05) is 30.3 Å². The van der Waals surface area contributed by atoms with Gasteiger partial charge in [0.1, 0.15) is 17.3 Å². The number of benzene rings is 2. The zero-order chi connectivity index (χ0) is 18.8. The van der Waals surface area contributed by atoms with Crippen LogP contribution in [0.15, 0.2) is 53.9 Å². The van der Waals surface area contributed by atoms with E-state index in [1.54, 1.807) is 18.4 Å². The maximum Gasteiger partial charge on any atom is 0.265 e. The smallest absolute Gasteiger partial charge is 0.265 e. The van der Waals surface area contributed by atoms with Crippen molar-refractivity contribution in [1.82, 2.24) is 10.3 Å². The zero-order valence-electron chi connectivity index (χ0n) is 14.6. The number of nitrogens with one attached hydrogen (secondary N) is 1. The van der Waals surface area contributed by atoms with Crippen molar-refractivity contribution in [2.75, 3.05) is 25.1 Å². The van der Waals surface area contributed by atoms with Crippen molar-refractivity contribution in [2.45, 2.75) is 0 Å². The molecule has 0 radical (unpaired) electrons. The van der Waals surface area contributed by atoms with E-state index in [9.17, 15) is 9.59 Å². The molecule has 4 rings (SSSR count). The van der Waals surface area contributed by atoms with Crippen LogP contribution in [0, 0.1) is 0 Å². The highest BCUT2D eigenvalue weighted by Crippen LogP contribution is 2.37. The second-order valence-electron chi connectivity index (χ2n) is 6.03. The van der Waals surface area contributed by atoms with Crippen LogP contribution in [-0.4, -0.2) is 37.0 Å². The highest BCUT2D eigenvalue weighted by Gasteiger charge is 2.27. The van der Waals surface area contributed by atoms with Gasteiger partial charge in [0.25, 0.3) is 5.91 Å². The molecule has 0 unspecified atom stereocenters. The number of thiazole rings is 1. The molecule has 0 saturated heterocycles. The molecule has 0 aliphatic carbocycles. The summed E-state index contributed by atoms with van der Waals surface area (Å²) in [5, 5.41) is 5.46. The van der Waals surface area contributed by atoms with Gasteiger partial charge in [0.05, 0.1) is 11.4 Å². The Kier molecular flexibility index (Phi) is 4.60. The van der Waals surface area contributed by atoms with Crippen molar-refractivity contribution in [3.05, 3.63) is 53.9 Å². The van der Waals surface area contributed by atoms with E-state index >= 15 is 0 Å². The molecule has 0 spiro atoms. The van der Waals surface area contributed by atoms with E-state index in [0.29, 0.717) is 11.4 Å². The Labute approximate surface area is 160 Å². The van der Waals surface area contributed by atoms with Crippen molar-refractivity contribution in [3.8, 4) is 27.6 Å². The lowest BCUT2D eigenvalue weighted by Crippen LogP contribution is -2.44. The normalized spacial score (nSPS) is 13.1. The fourth-order valence-corrected chi connectivity index (χ4v) is 3.71. The Bertz CT molecular complexity index is 1000. The third-order valence-corrected chi connectivity index (χ3v) is 5.19. The predicted octanol–water partition coefficient (Wildman–Crippen LogP) is 2.95. The minimum Gasteiger partial charge on any atom is -0.482 e. The first-order valence-corrected chi connectivity index (χ1v) is 9.33. The number of anilines is 1. The van der Waals surface area contributed by atoms with E-state index in [-0.39, 0.29) is 25.0 Å². The van der Waals surface area contributed by atoms with Crippen molar-refractivity contribution in [1.29, 1.82) is 0 Å². The van der Waals surface area contributed by atoms with E-state index in [0.717, 1.165) is 21.8 Å². The number of fused-ring (bicyclic) bond motifs is 1. The molecule has 1 aliphatic rings. The molecule has 0 saturated carbocycles. The molecule has 0 bridgehead atoms. The van der Waals surface area contributed by atoms with E-state index < -0.39 is 0 Å². The molecule has 0 atom stereocenters. The maximum absolute atomic E-state index is 12.3. The number of hydrogen-bond acceptors (Lipinski definition) is 5. The predicted molar refractivity (Wildman–Crippen MR) is 105 cm³/mol. The summed E-state index contributed by atoms with van der Waals surface area (Å²) in [7, 11) is 1.55. The minimum absolute atomic E-state index is 0.0402. The zero-order valence-corrected chi connectivity index (χ0v) is 15.5. The summed E-state index contributed by atoms with van der Waals surface area (Å²) in [4.78, 5) is 30.2. The number of hydrogen-bond donors (Lipinski definition) is 1. The van der Waals surface area contributed by atoms with Gasteiger partial charge in [-0.05, 0) is 18.2 Å². The van der Waals surface area contributed by atoms with E-state index in [2.05, 4.69) is 5.32 Å². The molecule has 2 aromatic carbocycles. The summed E-state index contributed by atoms with van der Waals surface area (Å²) >= 11 is 1.56. The Balaban J connectivity index is 1.69. The third-order valence-electron chi connectivity index (χ3n) is 4.30. The van der Waals surface area contributed by atoms with Crippen LogP contribution in [0.1, 0.15) is 0 Å². The molecule has 27 heavy (non-hydrogen) atoms. The van der Waals surface area contributed by atoms with Gasteiger partial charge >= 0.3 is 0 Å². The van der Waals surface area contributed by atoms with Gasteiger partial charge in [0.2, 0.25) is 5.91 Å². The maximum atomic E-state index is 12.3. The molecule has 1 N–H and O–H groups in total. The number of nitrogens with zero attached hydrogens (tertiary/aromatic N) is 2. The first-order chi connectivity index (χ1) is 13.2. The molecule has 3 aromatic rings. The molecule has 2 heterocycles. The number of carbonyl (C=O) groups excluding carboxylic acids is 2. The average molecular weight is 379 g/mol. The number of aromatic nitrogens is 1. The van der Waals surface area contributed by atoms with Gasteiger partial charge < -0.3 is 10.1 Å². The van der Waals surface area contributed by atoms with Gasteiger partial charge in [-0.3, -0.25) is 14.5 Å². The SMILES string of the molecule is CNC(=O)CN1C(=O)COc2ccc(-c3csc(-c4ccccc4)n3)cc21. The van der Waals surface area contributed by atoms with Crippen molar-refractivity contribution in [2.24, 2.45) is 0 Å². The summed E-state index contributed by atoms with van der Waals surface area (Å²) in [6, 6.07) is 15.6. The largest absolute Gasteiger partial charge is 0.482 e. The average Bonchev–Trinajstić information content (AvgIpc) is 3.20. The van der Waals surface area contributed by atoms with Crippen molar-refractivity contribution in [3.63, 3.8) is 0 Å². The van der Waals surface area contributed by atoms with Crippen molar-refractivity contribution < 1.29 is 14.3 Å². The fourth-order valence-electron chi connectivity index (χ4n) is 2.88. The Morgan fingerprint density at radius 1 is 1.22 bits per heavy atom. The molecule has 7 heteroatoms. The molecule has 136 valence electrons. The molecule has 2 amide bonds. The topological polar surface area (TPSA) is 71.5 Å². The molecule has 0 fully saturated rings. The van der Waals surface area contributed by atoms with Crippen LogP contribution in [-0.2, 0) is 9.59 Å². The lowest BCUT2D eigenvalue weighted by Gasteiger charge is -2.29. The Morgan fingerprint density at radius 2 is 2.04 bits per heavy atom. The van der Waals surface area contributed by atoms with Crippen LogP contribution in [0.4, 0.5) is 5.69 Å². The van der Waals surface area contributed by atoms with Crippen LogP contribution < -0.4 is 15.0 Å². The van der Waals surface area contributed by atoms with Crippen LogP contribution >= 0.6 is 11.3 Å². The summed E-state index contributed by atoms with van der Waals surface area (Å²) in [6.45, 7) is -0.111. The molecule has 1 aliphatic heterocycles. The van der Waals surface area contributed by atoms with Gasteiger partial charge in [-0.2, -0.15) is 0 Å². The van der Waals surface area contributed by atoms with Crippen LogP contribution in [0.2, 0.25) is 0 Å². The summed E-state index contributed by atoms with van der Waals surface area (Å²) < 4.78 is 5.51. The fraction of sp³-hybridized carbons (Fsp3) is 0.150. The van der Waals surface area contributed by atoms with E-state index in [4.69, 9.17) is 9.72 Å². The van der Waals surface area contributed by atoms with Gasteiger partial charge in [-0.25, -0.2) is 4.98 Å². The lowest BCUT2D eigenvalue weighted by atomic mass is 10.1. The molecular weight excluding hydrogens is 362 g/mol. The number of carbonyl (C=O) groups is 2. The van der Waals surface area contributed by atoms with Crippen LogP contribution in [0.3, 0.4) is 0 Å². The number of rotatable bonds is 4. The number of likely N-dealkylation sites (N-methyl/N-ethyl adjacent to an activating group) is 1.